The third kappa shape index (κ3) is 3.03. The van der Waals surface area contributed by atoms with Crippen LogP contribution in [0.25, 0.3) is 0 Å². The number of benzene rings is 1. The summed E-state index contributed by atoms with van der Waals surface area (Å²) in [5.74, 6) is 0.200. The van der Waals surface area contributed by atoms with Crippen molar-refractivity contribution >= 4 is 5.91 Å². The van der Waals surface area contributed by atoms with Gasteiger partial charge in [0.25, 0.3) is 0 Å². The Morgan fingerprint density at radius 2 is 2.27 bits per heavy atom. The lowest BCUT2D eigenvalue weighted by atomic mass is 10.0. The number of carbonyl (C=O) groups excluding carboxylic acids is 1. The number of rotatable bonds is 4. The first-order valence-corrected chi connectivity index (χ1v) is 7.66. The van der Waals surface area contributed by atoms with Gasteiger partial charge in [0.2, 0.25) is 5.91 Å². The molecule has 2 aromatic rings. The lowest BCUT2D eigenvalue weighted by Gasteiger charge is -2.16. The number of nitrogens with zero attached hydrogens (tertiary/aromatic N) is 2. The van der Waals surface area contributed by atoms with Crippen LogP contribution in [0.15, 0.2) is 30.5 Å². The average Bonchev–Trinajstić information content (AvgIpc) is 3.14. The molecular weight excluding hydrogens is 281 g/mol. The lowest BCUT2D eigenvalue weighted by Crippen LogP contribution is -2.28. The molecule has 1 aromatic heterocycles. The average molecular weight is 301 g/mol. The molecule has 3 rings (SSSR count). The Morgan fingerprint density at radius 1 is 1.45 bits per heavy atom. The number of H-pyrrole nitrogens is 1. The van der Waals surface area contributed by atoms with Crippen molar-refractivity contribution in [3.8, 4) is 0 Å². The molecule has 1 aliphatic rings. The van der Waals surface area contributed by atoms with E-state index in [4.69, 9.17) is 0 Å². The van der Waals surface area contributed by atoms with Gasteiger partial charge in [-0.15, -0.1) is 0 Å². The largest absolute Gasteiger partial charge is 0.342 e. The highest BCUT2D eigenvalue weighted by Crippen LogP contribution is 2.28. The number of aromatic amines is 1. The molecule has 4 nitrogen and oxygen atoms in total. The van der Waals surface area contributed by atoms with Crippen LogP contribution in [-0.2, 0) is 11.2 Å². The van der Waals surface area contributed by atoms with Crippen molar-refractivity contribution in [2.45, 2.75) is 32.1 Å². The van der Waals surface area contributed by atoms with Crippen LogP contribution in [0.1, 0.15) is 35.6 Å². The number of carbonyl (C=O) groups is 1. The second kappa shape index (κ2) is 6.30. The quantitative estimate of drug-likeness (QED) is 0.944. The molecule has 1 aromatic carbocycles. The third-order valence-corrected chi connectivity index (χ3v) is 4.38. The number of amides is 1. The number of hydrogen-bond donors (Lipinski definition) is 1. The summed E-state index contributed by atoms with van der Waals surface area (Å²) in [6.07, 6.45) is 3.58. The summed E-state index contributed by atoms with van der Waals surface area (Å²) in [5, 5.41) is 7.09. The fraction of sp³-hybridized carbons (Fsp3) is 0.412. The molecule has 2 heterocycles. The zero-order valence-corrected chi connectivity index (χ0v) is 12.7. The molecule has 5 heteroatoms. The van der Waals surface area contributed by atoms with E-state index in [9.17, 15) is 9.18 Å². The van der Waals surface area contributed by atoms with E-state index >= 15 is 0 Å². The number of hydrogen-bond acceptors (Lipinski definition) is 2. The molecule has 1 aliphatic heterocycles. The van der Waals surface area contributed by atoms with Crippen LogP contribution in [0.4, 0.5) is 4.39 Å². The van der Waals surface area contributed by atoms with Crippen molar-refractivity contribution in [2.24, 2.45) is 0 Å². The first-order chi connectivity index (χ1) is 10.6. The fourth-order valence-electron chi connectivity index (χ4n) is 3.09. The van der Waals surface area contributed by atoms with Crippen LogP contribution in [0, 0.1) is 12.7 Å². The van der Waals surface area contributed by atoms with E-state index in [0.29, 0.717) is 24.3 Å². The van der Waals surface area contributed by atoms with Gasteiger partial charge in [0.1, 0.15) is 5.82 Å². The Labute approximate surface area is 129 Å². The zero-order chi connectivity index (χ0) is 15.5. The summed E-state index contributed by atoms with van der Waals surface area (Å²) in [7, 11) is 0. The van der Waals surface area contributed by atoms with Crippen LogP contribution in [0.2, 0.25) is 0 Å². The number of aryl methyl sites for hydroxylation is 2. The summed E-state index contributed by atoms with van der Waals surface area (Å²) < 4.78 is 13.6. The minimum Gasteiger partial charge on any atom is -0.342 e. The van der Waals surface area contributed by atoms with Crippen LogP contribution in [-0.4, -0.2) is 34.1 Å². The molecule has 1 amide bonds. The van der Waals surface area contributed by atoms with Crippen molar-refractivity contribution < 1.29 is 9.18 Å². The van der Waals surface area contributed by atoms with Gasteiger partial charge in [-0.3, -0.25) is 9.89 Å². The number of aromatic nitrogens is 2. The van der Waals surface area contributed by atoms with Gasteiger partial charge in [0.05, 0.1) is 6.20 Å². The highest BCUT2D eigenvalue weighted by Gasteiger charge is 2.28. The molecule has 0 unspecified atom stereocenters. The van der Waals surface area contributed by atoms with Crippen molar-refractivity contribution in [2.75, 3.05) is 13.1 Å². The standard InChI is InChI=1S/C17H20FN3O/c1-12-10-19-20-17(12)14-8-9-21(11-14)16(22)7-6-13-4-2-3-5-15(13)18/h2-5,10,14H,6-9,11H2,1H3,(H,19,20)/t14-/m0/s1. The first kappa shape index (κ1) is 14.8. The van der Waals surface area contributed by atoms with Gasteiger partial charge in [-0.2, -0.15) is 5.10 Å². The molecule has 22 heavy (non-hydrogen) atoms. The summed E-state index contributed by atoms with van der Waals surface area (Å²) in [4.78, 5) is 14.2. The Hall–Kier alpha value is -2.17. The summed E-state index contributed by atoms with van der Waals surface area (Å²) in [6, 6.07) is 6.64. The second-order valence-corrected chi connectivity index (χ2v) is 5.88. The molecule has 1 N–H and O–H groups in total. The van der Waals surface area contributed by atoms with E-state index in [1.807, 2.05) is 18.0 Å². The zero-order valence-electron chi connectivity index (χ0n) is 12.7. The van der Waals surface area contributed by atoms with Gasteiger partial charge in [-0.25, -0.2) is 4.39 Å². The number of nitrogens with one attached hydrogen (secondary N) is 1. The highest BCUT2D eigenvalue weighted by molar-refractivity contribution is 5.76. The van der Waals surface area contributed by atoms with E-state index in [0.717, 1.165) is 30.8 Å². The molecule has 1 fully saturated rings. The molecule has 1 atom stereocenters. The molecule has 0 aliphatic carbocycles. The van der Waals surface area contributed by atoms with Crippen molar-refractivity contribution in [3.63, 3.8) is 0 Å². The maximum atomic E-state index is 13.6. The predicted octanol–water partition coefficient (Wildman–Crippen LogP) is 2.81. The summed E-state index contributed by atoms with van der Waals surface area (Å²) >= 11 is 0. The molecule has 0 radical (unpaired) electrons. The SMILES string of the molecule is Cc1cn[nH]c1[C@H]1CCN(C(=O)CCc2ccccc2F)C1. The molecule has 0 saturated carbocycles. The summed E-state index contributed by atoms with van der Waals surface area (Å²) in [6.45, 7) is 3.51. The normalized spacial score (nSPS) is 17.9. The Morgan fingerprint density at radius 3 is 3.00 bits per heavy atom. The first-order valence-electron chi connectivity index (χ1n) is 7.66. The Bertz CT molecular complexity index is 667. The Kier molecular flexibility index (Phi) is 4.22. The Balaban J connectivity index is 1.56. The molecule has 0 spiro atoms. The van der Waals surface area contributed by atoms with Crippen LogP contribution in [0.3, 0.4) is 0 Å². The maximum absolute atomic E-state index is 13.6. The number of likely N-dealkylation sites (tertiary alicyclic amines) is 1. The number of halogens is 1. The minimum absolute atomic E-state index is 0.0999. The van der Waals surface area contributed by atoms with E-state index in [-0.39, 0.29) is 11.7 Å². The monoisotopic (exact) mass is 301 g/mol. The van der Waals surface area contributed by atoms with E-state index in [1.165, 1.54) is 6.07 Å². The molecule has 0 bridgehead atoms. The molecule has 116 valence electrons. The van der Waals surface area contributed by atoms with Crippen molar-refractivity contribution in [1.82, 2.24) is 15.1 Å². The van der Waals surface area contributed by atoms with Crippen molar-refractivity contribution in [3.05, 3.63) is 53.1 Å². The fourth-order valence-corrected chi connectivity index (χ4v) is 3.09. The smallest absolute Gasteiger partial charge is 0.222 e. The minimum atomic E-state index is -0.234. The van der Waals surface area contributed by atoms with Crippen LogP contribution in [0.5, 0.6) is 0 Å². The van der Waals surface area contributed by atoms with Gasteiger partial charge >= 0.3 is 0 Å². The topological polar surface area (TPSA) is 49.0 Å². The predicted molar refractivity (Wildman–Crippen MR) is 82.0 cm³/mol. The summed E-state index contributed by atoms with van der Waals surface area (Å²) in [5.41, 5.74) is 2.88. The second-order valence-electron chi connectivity index (χ2n) is 5.88. The van der Waals surface area contributed by atoms with Gasteiger partial charge in [0.15, 0.2) is 0 Å². The van der Waals surface area contributed by atoms with Gasteiger partial charge in [0, 0.05) is 31.1 Å². The van der Waals surface area contributed by atoms with E-state index in [2.05, 4.69) is 10.2 Å². The van der Waals surface area contributed by atoms with E-state index in [1.54, 1.807) is 18.2 Å². The van der Waals surface area contributed by atoms with Crippen LogP contribution < -0.4 is 0 Å². The van der Waals surface area contributed by atoms with Crippen LogP contribution >= 0.6 is 0 Å². The lowest BCUT2D eigenvalue weighted by molar-refractivity contribution is -0.130. The van der Waals surface area contributed by atoms with Crippen molar-refractivity contribution in [1.29, 1.82) is 0 Å². The molecular formula is C17H20FN3O. The van der Waals surface area contributed by atoms with Gasteiger partial charge in [-0.1, -0.05) is 18.2 Å². The van der Waals surface area contributed by atoms with Gasteiger partial charge < -0.3 is 4.90 Å². The van der Waals surface area contributed by atoms with E-state index < -0.39 is 0 Å². The van der Waals surface area contributed by atoms with Gasteiger partial charge in [-0.05, 0) is 37.0 Å². The maximum Gasteiger partial charge on any atom is 0.222 e. The highest BCUT2D eigenvalue weighted by atomic mass is 19.1. The third-order valence-electron chi connectivity index (χ3n) is 4.38. The molecule has 1 saturated heterocycles.